The average Bonchev–Trinajstić information content (AvgIpc) is 2.65. The van der Waals surface area contributed by atoms with Gasteiger partial charge in [0.25, 0.3) is 0 Å². The molecule has 3 rings (SSSR count). The third-order valence-corrected chi connectivity index (χ3v) is 4.99. The number of halogens is 2. The Hall–Kier alpha value is -2.00. The maximum absolute atomic E-state index is 14.6. The highest BCUT2D eigenvalue weighted by Gasteiger charge is 2.26. The standard InChI is InChI=1S/C22H24F2O/c1-3-5-16-6-9-17(10-7-16)18-11-12-19(22(24)21(18)23)20-13-8-15(4-2)14-25-20/h3,5-7,9-12,15,20H,4,8,13-14H2,1-2H3/b5-3+. The summed E-state index contributed by atoms with van der Waals surface area (Å²) in [6, 6.07) is 10.8. The Bertz CT molecular complexity index is 741. The van der Waals surface area contributed by atoms with Crippen molar-refractivity contribution in [3.63, 3.8) is 0 Å². The fourth-order valence-corrected chi connectivity index (χ4v) is 3.38. The molecule has 2 unspecified atom stereocenters. The highest BCUT2D eigenvalue weighted by Crippen LogP contribution is 2.36. The third-order valence-electron chi connectivity index (χ3n) is 4.99. The Morgan fingerprint density at radius 3 is 2.40 bits per heavy atom. The second-order valence-electron chi connectivity index (χ2n) is 6.63. The van der Waals surface area contributed by atoms with Crippen molar-refractivity contribution in [3.05, 3.63) is 65.2 Å². The summed E-state index contributed by atoms with van der Waals surface area (Å²) in [6.07, 6.45) is 6.36. The maximum atomic E-state index is 14.6. The number of allylic oxidation sites excluding steroid dienone is 1. The molecule has 1 aliphatic heterocycles. The molecule has 0 bridgehead atoms. The van der Waals surface area contributed by atoms with Gasteiger partial charge in [-0.3, -0.25) is 0 Å². The first-order valence-corrected chi connectivity index (χ1v) is 8.96. The van der Waals surface area contributed by atoms with E-state index < -0.39 is 11.6 Å². The zero-order valence-corrected chi connectivity index (χ0v) is 14.8. The van der Waals surface area contributed by atoms with Gasteiger partial charge >= 0.3 is 0 Å². The van der Waals surface area contributed by atoms with Crippen LogP contribution in [0.25, 0.3) is 17.2 Å². The molecule has 1 saturated heterocycles. The molecule has 0 saturated carbocycles. The second-order valence-corrected chi connectivity index (χ2v) is 6.63. The molecule has 2 aromatic rings. The summed E-state index contributed by atoms with van der Waals surface area (Å²) < 4.78 is 35.1. The molecule has 25 heavy (non-hydrogen) atoms. The van der Waals surface area contributed by atoms with Crippen LogP contribution in [0.15, 0.2) is 42.5 Å². The van der Waals surface area contributed by atoms with Crippen LogP contribution in [0.4, 0.5) is 8.78 Å². The van der Waals surface area contributed by atoms with Crippen LogP contribution >= 0.6 is 0 Å². The third kappa shape index (κ3) is 3.82. The SMILES string of the molecule is C/C=C/c1ccc(-c2ccc(C3CCC(CC)CO3)c(F)c2F)cc1. The molecule has 0 aliphatic carbocycles. The van der Waals surface area contributed by atoms with Gasteiger partial charge in [-0.25, -0.2) is 8.78 Å². The minimum atomic E-state index is -0.794. The summed E-state index contributed by atoms with van der Waals surface area (Å²) in [6.45, 7) is 4.69. The van der Waals surface area contributed by atoms with E-state index in [1.54, 1.807) is 12.1 Å². The predicted molar refractivity (Wildman–Crippen MR) is 98.2 cm³/mol. The molecule has 0 amide bonds. The van der Waals surface area contributed by atoms with Crippen LogP contribution < -0.4 is 0 Å². The molecule has 0 N–H and O–H groups in total. The van der Waals surface area contributed by atoms with Crippen LogP contribution in [0, 0.1) is 17.6 Å². The lowest BCUT2D eigenvalue weighted by Gasteiger charge is -2.29. The molecule has 1 aliphatic rings. The number of benzene rings is 2. The molecule has 0 radical (unpaired) electrons. The van der Waals surface area contributed by atoms with E-state index in [0.29, 0.717) is 23.7 Å². The van der Waals surface area contributed by atoms with Gasteiger partial charge in [0, 0.05) is 11.1 Å². The number of hydrogen-bond donors (Lipinski definition) is 0. The molecule has 0 spiro atoms. The van der Waals surface area contributed by atoms with Gasteiger partial charge in [0.05, 0.1) is 12.7 Å². The van der Waals surface area contributed by atoms with Crippen LogP contribution in [0.2, 0.25) is 0 Å². The second kappa shape index (κ2) is 7.92. The highest BCUT2D eigenvalue weighted by atomic mass is 19.2. The minimum Gasteiger partial charge on any atom is -0.373 e. The normalized spacial score (nSPS) is 21.0. The summed E-state index contributed by atoms with van der Waals surface area (Å²) >= 11 is 0. The summed E-state index contributed by atoms with van der Waals surface area (Å²) in [4.78, 5) is 0. The maximum Gasteiger partial charge on any atom is 0.167 e. The van der Waals surface area contributed by atoms with Gasteiger partial charge in [0.2, 0.25) is 0 Å². The molecule has 3 heteroatoms. The Kier molecular flexibility index (Phi) is 5.64. The van der Waals surface area contributed by atoms with E-state index in [2.05, 4.69) is 6.92 Å². The van der Waals surface area contributed by atoms with Crippen molar-refractivity contribution in [2.45, 2.75) is 39.2 Å². The van der Waals surface area contributed by atoms with Crippen molar-refractivity contribution in [3.8, 4) is 11.1 Å². The van der Waals surface area contributed by atoms with E-state index >= 15 is 0 Å². The molecule has 132 valence electrons. The fraction of sp³-hybridized carbons (Fsp3) is 0.364. The van der Waals surface area contributed by atoms with Crippen LogP contribution in [-0.4, -0.2) is 6.61 Å². The smallest absolute Gasteiger partial charge is 0.167 e. The van der Waals surface area contributed by atoms with Gasteiger partial charge in [-0.05, 0) is 36.8 Å². The van der Waals surface area contributed by atoms with Crippen molar-refractivity contribution in [2.75, 3.05) is 6.61 Å². The highest BCUT2D eigenvalue weighted by molar-refractivity contribution is 5.67. The zero-order valence-electron chi connectivity index (χ0n) is 14.8. The lowest BCUT2D eigenvalue weighted by molar-refractivity contribution is -0.0200. The van der Waals surface area contributed by atoms with Crippen molar-refractivity contribution in [2.24, 2.45) is 5.92 Å². The van der Waals surface area contributed by atoms with Gasteiger partial charge in [-0.1, -0.05) is 61.9 Å². The van der Waals surface area contributed by atoms with Crippen molar-refractivity contribution >= 4 is 6.08 Å². The lowest BCUT2D eigenvalue weighted by atomic mass is 9.92. The quantitative estimate of drug-likeness (QED) is 0.613. The van der Waals surface area contributed by atoms with Gasteiger partial charge < -0.3 is 4.74 Å². The predicted octanol–water partition coefficient (Wildman–Crippen LogP) is 6.54. The Balaban J connectivity index is 1.85. The van der Waals surface area contributed by atoms with Crippen LogP contribution in [0.3, 0.4) is 0 Å². The first-order valence-electron chi connectivity index (χ1n) is 8.96. The largest absolute Gasteiger partial charge is 0.373 e. The van der Waals surface area contributed by atoms with Crippen LogP contribution in [0.5, 0.6) is 0 Å². The number of hydrogen-bond acceptors (Lipinski definition) is 1. The average molecular weight is 342 g/mol. The van der Waals surface area contributed by atoms with Crippen LogP contribution in [-0.2, 0) is 4.74 Å². The molecular formula is C22H24F2O. The first kappa shape index (κ1) is 17.8. The summed E-state index contributed by atoms with van der Waals surface area (Å²) in [5, 5.41) is 0. The van der Waals surface area contributed by atoms with Gasteiger partial charge in [0.1, 0.15) is 0 Å². The Morgan fingerprint density at radius 2 is 1.80 bits per heavy atom. The van der Waals surface area contributed by atoms with Gasteiger partial charge in [-0.2, -0.15) is 0 Å². The van der Waals surface area contributed by atoms with Gasteiger partial charge in [-0.15, -0.1) is 0 Å². The molecule has 1 nitrogen and oxygen atoms in total. The van der Waals surface area contributed by atoms with E-state index in [1.807, 2.05) is 43.3 Å². The zero-order chi connectivity index (χ0) is 17.8. The number of ether oxygens (including phenoxy) is 1. The van der Waals surface area contributed by atoms with E-state index in [-0.39, 0.29) is 11.7 Å². The minimum absolute atomic E-state index is 0.288. The van der Waals surface area contributed by atoms with Gasteiger partial charge in [0.15, 0.2) is 11.6 Å². The first-order chi connectivity index (χ1) is 12.1. The van der Waals surface area contributed by atoms with Crippen molar-refractivity contribution in [1.82, 2.24) is 0 Å². The molecule has 2 atom stereocenters. The Labute approximate surface area is 148 Å². The molecule has 2 aromatic carbocycles. The summed E-state index contributed by atoms with van der Waals surface area (Å²) in [5.41, 5.74) is 2.33. The van der Waals surface area contributed by atoms with E-state index in [1.165, 1.54) is 0 Å². The molecule has 0 aromatic heterocycles. The van der Waals surface area contributed by atoms with E-state index in [9.17, 15) is 8.78 Å². The summed E-state index contributed by atoms with van der Waals surface area (Å²) in [5.74, 6) is -1.05. The topological polar surface area (TPSA) is 9.23 Å². The van der Waals surface area contributed by atoms with Crippen LogP contribution in [0.1, 0.15) is 50.3 Å². The lowest BCUT2D eigenvalue weighted by Crippen LogP contribution is -2.21. The van der Waals surface area contributed by atoms with E-state index in [0.717, 1.165) is 24.8 Å². The molecular weight excluding hydrogens is 318 g/mol. The monoisotopic (exact) mass is 342 g/mol. The van der Waals surface area contributed by atoms with Crippen molar-refractivity contribution < 1.29 is 13.5 Å². The van der Waals surface area contributed by atoms with E-state index in [4.69, 9.17) is 4.74 Å². The molecule has 1 fully saturated rings. The summed E-state index contributed by atoms with van der Waals surface area (Å²) in [7, 11) is 0. The van der Waals surface area contributed by atoms with Crippen molar-refractivity contribution in [1.29, 1.82) is 0 Å². The number of rotatable bonds is 4. The molecule has 1 heterocycles. The Morgan fingerprint density at radius 1 is 1.04 bits per heavy atom. The fourth-order valence-electron chi connectivity index (χ4n) is 3.38.